The number of likely N-dealkylation sites (N-methyl/N-ethyl adjacent to an activating group) is 1. The van der Waals surface area contributed by atoms with Crippen molar-refractivity contribution in [1.82, 2.24) is 24.9 Å². The van der Waals surface area contributed by atoms with Crippen LogP contribution in [0.15, 0.2) is 12.4 Å². The van der Waals surface area contributed by atoms with Gasteiger partial charge in [0.05, 0.1) is 6.20 Å². The number of nitrogens with one attached hydrogen (secondary N) is 1. The van der Waals surface area contributed by atoms with Crippen LogP contribution in [0.5, 0.6) is 0 Å². The van der Waals surface area contributed by atoms with E-state index in [4.69, 9.17) is 0 Å². The van der Waals surface area contributed by atoms with Crippen molar-refractivity contribution in [1.29, 1.82) is 0 Å². The Morgan fingerprint density at radius 3 is 2.73 bits per heavy atom. The zero-order valence-electron chi connectivity index (χ0n) is 16.7. The van der Waals surface area contributed by atoms with Gasteiger partial charge >= 0.3 is 0 Å². The predicted molar refractivity (Wildman–Crippen MR) is 104 cm³/mol. The van der Waals surface area contributed by atoms with Crippen molar-refractivity contribution in [3.8, 4) is 0 Å². The zero-order valence-corrected chi connectivity index (χ0v) is 16.7. The molecule has 6 nitrogen and oxygen atoms in total. The lowest BCUT2D eigenvalue weighted by molar-refractivity contribution is -0.124. The highest BCUT2D eigenvalue weighted by atomic mass is 16.1. The molecule has 1 aromatic rings. The van der Waals surface area contributed by atoms with Crippen LogP contribution in [0.4, 0.5) is 0 Å². The van der Waals surface area contributed by atoms with Gasteiger partial charge in [0.25, 0.3) is 0 Å². The second-order valence-corrected chi connectivity index (χ2v) is 8.31. The Kier molecular flexibility index (Phi) is 6.70. The van der Waals surface area contributed by atoms with E-state index in [9.17, 15) is 4.79 Å². The van der Waals surface area contributed by atoms with Crippen LogP contribution in [0.1, 0.15) is 50.1 Å². The molecule has 146 valence electrons. The van der Waals surface area contributed by atoms with Crippen molar-refractivity contribution in [2.75, 3.05) is 40.3 Å². The number of aryl methyl sites for hydroxylation is 1. The van der Waals surface area contributed by atoms with Gasteiger partial charge in [-0.25, -0.2) is 0 Å². The van der Waals surface area contributed by atoms with Crippen molar-refractivity contribution in [3.05, 3.63) is 18.0 Å². The van der Waals surface area contributed by atoms with Gasteiger partial charge in [-0.3, -0.25) is 14.4 Å². The number of hydrogen-bond acceptors (Lipinski definition) is 4. The first kappa shape index (κ1) is 19.4. The normalized spacial score (nSPS) is 25.1. The summed E-state index contributed by atoms with van der Waals surface area (Å²) in [4.78, 5) is 17.0. The maximum Gasteiger partial charge on any atom is 0.223 e. The number of piperidine rings is 1. The molecule has 1 amide bonds. The Bertz CT molecular complexity index is 581. The van der Waals surface area contributed by atoms with Crippen LogP contribution >= 0.6 is 0 Å². The first-order valence-corrected chi connectivity index (χ1v) is 10.2. The van der Waals surface area contributed by atoms with Crippen LogP contribution in [0.3, 0.4) is 0 Å². The second kappa shape index (κ2) is 9.00. The molecule has 1 N–H and O–H groups in total. The summed E-state index contributed by atoms with van der Waals surface area (Å²) in [6.45, 7) is 3.88. The number of likely N-dealkylation sites (tertiary alicyclic amines) is 1. The monoisotopic (exact) mass is 361 g/mol. The van der Waals surface area contributed by atoms with Gasteiger partial charge in [-0.05, 0) is 52.2 Å². The Labute approximate surface area is 157 Å². The third kappa shape index (κ3) is 4.86. The molecule has 6 heteroatoms. The highest BCUT2D eigenvalue weighted by Gasteiger charge is 2.32. The molecule has 2 fully saturated rings. The summed E-state index contributed by atoms with van der Waals surface area (Å²) in [7, 11) is 6.39. The highest BCUT2D eigenvalue weighted by Crippen LogP contribution is 2.35. The number of amides is 1. The number of aromatic nitrogens is 2. The number of carbonyl (C=O) groups excluding carboxylic acids is 1. The highest BCUT2D eigenvalue weighted by molar-refractivity contribution is 5.78. The third-order valence-corrected chi connectivity index (χ3v) is 6.14. The maximum atomic E-state index is 12.2. The van der Waals surface area contributed by atoms with E-state index in [0.717, 1.165) is 39.0 Å². The average molecular weight is 362 g/mol. The van der Waals surface area contributed by atoms with E-state index in [2.05, 4.69) is 40.5 Å². The van der Waals surface area contributed by atoms with Gasteiger partial charge in [-0.15, -0.1) is 0 Å². The van der Waals surface area contributed by atoms with Gasteiger partial charge in [0.1, 0.15) is 0 Å². The standard InChI is InChI=1S/C20H35N5O/c1-23(12-10-21-20(26)16-7-4-5-8-16)14-17-9-6-11-24(2)19(17)18-13-22-25(3)15-18/h13,15-17,19H,4-12,14H2,1-3H3,(H,21,26)/t17-,19+/m0/s1. The summed E-state index contributed by atoms with van der Waals surface area (Å²) in [5.74, 6) is 1.14. The third-order valence-electron chi connectivity index (χ3n) is 6.14. The molecule has 0 aromatic carbocycles. The Morgan fingerprint density at radius 2 is 2.04 bits per heavy atom. The van der Waals surface area contributed by atoms with Crippen LogP contribution < -0.4 is 5.32 Å². The van der Waals surface area contributed by atoms with E-state index in [-0.39, 0.29) is 11.8 Å². The van der Waals surface area contributed by atoms with Crippen molar-refractivity contribution in [2.24, 2.45) is 18.9 Å². The van der Waals surface area contributed by atoms with Gasteiger partial charge in [0, 0.05) is 50.4 Å². The van der Waals surface area contributed by atoms with E-state index < -0.39 is 0 Å². The fraction of sp³-hybridized carbons (Fsp3) is 0.800. The molecule has 0 bridgehead atoms. The lowest BCUT2D eigenvalue weighted by Gasteiger charge is -2.40. The summed E-state index contributed by atoms with van der Waals surface area (Å²) in [6.07, 6.45) is 11.2. The second-order valence-electron chi connectivity index (χ2n) is 8.31. The average Bonchev–Trinajstić information content (AvgIpc) is 3.26. The first-order valence-electron chi connectivity index (χ1n) is 10.2. The largest absolute Gasteiger partial charge is 0.355 e. The van der Waals surface area contributed by atoms with E-state index in [1.165, 1.54) is 31.2 Å². The molecule has 26 heavy (non-hydrogen) atoms. The Hall–Kier alpha value is -1.40. The minimum absolute atomic E-state index is 0.265. The molecule has 1 aromatic heterocycles. The molecule has 1 saturated carbocycles. The molecule has 2 atom stereocenters. The number of rotatable bonds is 7. The van der Waals surface area contributed by atoms with E-state index in [1.807, 2.05) is 17.9 Å². The molecule has 2 aliphatic rings. The summed E-state index contributed by atoms with van der Waals surface area (Å²) in [5.41, 5.74) is 1.32. The maximum absolute atomic E-state index is 12.2. The van der Waals surface area contributed by atoms with Crippen molar-refractivity contribution in [2.45, 2.75) is 44.6 Å². The van der Waals surface area contributed by atoms with Crippen LogP contribution in [0, 0.1) is 11.8 Å². The number of carbonyl (C=O) groups is 1. The Balaban J connectivity index is 1.48. The molecule has 1 aliphatic heterocycles. The zero-order chi connectivity index (χ0) is 18.5. The van der Waals surface area contributed by atoms with E-state index >= 15 is 0 Å². The van der Waals surface area contributed by atoms with Crippen LogP contribution in [0.25, 0.3) is 0 Å². The van der Waals surface area contributed by atoms with Crippen molar-refractivity contribution < 1.29 is 4.79 Å². The van der Waals surface area contributed by atoms with Crippen molar-refractivity contribution >= 4 is 5.91 Å². The minimum atomic E-state index is 0.265. The SMILES string of the molecule is CN(CCNC(=O)C1CCCC1)C[C@@H]1CCCN(C)[C@H]1c1cnn(C)c1. The summed E-state index contributed by atoms with van der Waals surface area (Å²) >= 11 is 0. The van der Waals surface area contributed by atoms with Crippen molar-refractivity contribution in [3.63, 3.8) is 0 Å². The van der Waals surface area contributed by atoms with Crippen LogP contribution in [-0.4, -0.2) is 65.8 Å². The van der Waals surface area contributed by atoms with Crippen LogP contribution in [0.2, 0.25) is 0 Å². The molecule has 0 spiro atoms. The molecular weight excluding hydrogens is 326 g/mol. The predicted octanol–water partition coefficient (Wildman–Crippen LogP) is 2.04. The number of nitrogens with zero attached hydrogens (tertiary/aromatic N) is 4. The summed E-state index contributed by atoms with van der Waals surface area (Å²) in [6, 6.07) is 0.438. The Morgan fingerprint density at radius 1 is 1.27 bits per heavy atom. The smallest absolute Gasteiger partial charge is 0.223 e. The van der Waals surface area contributed by atoms with Gasteiger partial charge < -0.3 is 10.2 Å². The fourth-order valence-electron chi connectivity index (χ4n) is 4.76. The summed E-state index contributed by atoms with van der Waals surface area (Å²) < 4.78 is 1.90. The first-order chi connectivity index (χ1) is 12.5. The van der Waals surface area contributed by atoms with E-state index in [0.29, 0.717) is 12.0 Å². The lowest BCUT2D eigenvalue weighted by atomic mass is 9.86. The van der Waals surface area contributed by atoms with Gasteiger partial charge in [-0.1, -0.05) is 12.8 Å². The molecule has 1 aliphatic carbocycles. The van der Waals surface area contributed by atoms with Crippen LogP contribution in [-0.2, 0) is 11.8 Å². The lowest BCUT2D eigenvalue weighted by Crippen LogP contribution is -2.42. The van der Waals surface area contributed by atoms with Gasteiger partial charge in [0.15, 0.2) is 0 Å². The van der Waals surface area contributed by atoms with Gasteiger partial charge in [0.2, 0.25) is 5.91 Å². The van der Waals surface area contributed by atoms with E-state index in [1.54, 1.807) is 0 Å². The molecule has 1 saturated heterocycles. The molecule has 0 unspecified atom stereocenters. The topological polar surface area (TPSA) is 53.4 Å². The fourth-order valence-corrected chi connectivity index (χ4v) is 4.76. The summed E-state index contributed by atoms with van der Waals surface area (Å²) in [5, 5.41) is 7.52. The molecule has 3 rings (SSSR count). The molecule has 2 heterocycles. The number of hydrogen-bond donors (Lipinski definition) is 1. The minimum Gasteiger partial charge on any atom is -0.355 e. The quantitative estimate of drug-likeness (QED) is 0.807. The molecular formula is C20H35N5O. The van der Waals surface area contributed by atoms with Gasteiger partial charge in [-0.2, -0.15) is 5.10 Å². The molecule has 0 radical (unpaired) electrons.